The molecule has 6 heteroatoms. The molecule has 0 heterocycles. The Hall–Kier alpha value is -1.01. The molecule has 0 spiro atoms. The van der Waals surface area contributed by atoms with Gasteiger partial charge in [-0.3, -0.25) is 9.59 Å². The molecule has 3 nitrogen and oxygen atoms in total. The van der Waals surface area contributed by atoms with E-state index in [4.69, 9.17) is 0 Å². The van der Waals surface area contributed by atoms with E-state index in [1.807, 2.05) is 13.8 Å². The van der Waals surface area contributed by atoms with E-state index >= 15 is 8.78 Å². The van der Waals surface area contributed by atoms with E-state index in [2.05, 4.69) is 12.6 Å². The summed E-state index contributed by atoms with van der Waals surface area (Å²) in [6.45, 7) is 5.46. The van der Waals surface area contributed by atoms with Gasteiger partial charge >= 0.3 is 0 Å². The molecular formula is C21H26F2O3S. The SMILES string of the molecule is C[C@@H]1CC2C3C[C@H](F)C4=CC(=O)C=CC4(C)[C@@]3(F)C(O)C[C@]2(C)C1C(=O)S. The van der Waals surface area contributed by atoms with Crippen molar-refractivity contribution in [2.45, 2.75) is 58.0 Å². The molecule has 27 heavy (non-hydrogen) atoms. The summed E-state index contributed by atoms with van der Waals surface area (Å²) in [5.74, 6) is -1.66. The highest BCUT2D eigenvalue weighted by atomic mass is 32.1. The molecule has 1 N–H and O–H groups in total. The Labute approximate surface area is 163 Å². The molecule has 0 aromatic carbocycles. The van der Waals surface area contributed by atoms with Crippen LogP contribution >= 0.6 is 12.6 Å². The lowest BCUT2D eigenvalue weighted by Crippen LogP contribution is -2.68. The molecule has 0 aliphatic heterocycles. The minimum absolute atomic E-state index is 0.00540. The van der Waals surface area contributed by atoms with Crippen LogP contribution in [0.2, 0.25) is 0 Å². The summed E-state index contributed by atoms with van der Waals surface area (Å²) >= 11 is 4.06. The third kappa shape index (κ3) is 2.23. The minimum atomic E-state index is -2.07. The van der Waals surface area contributed by atoms with E-state index in [0.717, 1.165) is 0 Å². The molecule has 3 saturated carbocycles. The minimum Gasteiger partial charge on any atom is -0.390 e. The Morgan fingerprint density at radius 1 is 1.30 bits per heavy atom. The van der Waals surface area contributed by atoms with Gasteiger partial charge in [-0.25, -0.2) is 8.78 Å². The molecule has 4 rings (SSSR count). The van der Waals surface area contributed by atoms with E-state index in [-0.39, 0.29) is 47.1 Å². The van der Waals surface area contributed by atoms with Gasteiger partial charge in [0, 0.05) is 17.3 Å². The van der Waals surface area contributed by atoms with Gasteiger partial charge in [0.15, 0.2) is 16.6 Å². The van der Waals surface area contributed by atoms with Gasteiger partial charge in [0.1, 0.15) is 6.17 Å². The van der Waals surface area contributed by atoms with Gasteiger partial charge in [0.05, 0.1) is 6.10 Å². The monoisotopic (exact) mass is 396 g/mol. The molecule has 5 unspecified atom stereocenters. The number of hydrogen-bond acceptors (Lipinski definition) is 3. The summed E-state index contributed by atoms with van der Waals surface area (Å²) in [7, 11) is 0. The van der Waals surface area contributed by atoms with Crippen molar-refractivity contribution in [3.05, 3.63) is 23.8 Å². The largest absolute Gasteiger partial charge is 0.390 e. The number of carbonyl (C=O) groups is 2. The summed E-state index contributed by atoms with van der Waals surface area (Å²) in [5, 5.41) is 10.8. The number of thiol groups is 1. The molecule has 9 atom stereocenters. The van der Waals surface area contributed by atoms with Crippen molar-refractivity contribution in [1.82, 2.24) is 0 Å². The number of fused-ring (bicyclic) bond motifs is 5. The quantitative estimate of drug-likeness (QED) is 0.666. The van der Waals surface area contributed by atoms with Crippen molar-refractivity contribution in [3.8, 4) is 0 Å². The fourth-order valence-corrected chi connectivity index (χ4v) is 7.65. The Morgan fingerprint density at radius 2 is 1.96 bits per heavy atom. The zero-order chi connectivity index (χ0) is 19.9. The van der Waals surface area contributed by atoms with Gasteiger partial charge < -0.3 is 5.11 Å². The lowest BCUT2D eigenvalue weighted by molar-refractivity contribution is -0.201. The number of alkyl halides is 2. The van der Waals surface area contributed by atoms with E-state index in [1.165, 1.54) is 18.2 Å². The summed E-state index contributed by atoms with van der Waals surface area (Å²) in [5.41, 5.74) is -3.92. The lowest BCUT2D eigenvalue weighted by Gasteiger charge is -2.62. The van der Waals surface area contributed by atoms with Gasteiger partial charge in [0.25, 0.3) is 0 Å². The Bertz CT molecular complexity index is 779. The molecule has 0 saturated heterocycles. The first kappa shape index (κ1) is 19.3. The van der Waals surface area contributed by atoms with Crippen LogP contribution in [0.1, 0.15) is 40.0 Å². The zero-order valence-electron chi connectivity index (χ0n) is 15.8. The summed E-state index contributed by atoms with van der Waals surface area (Å²) < 4.78 is 31.9. The first-order valence-corrected chi connectivity index (χ1v) is 10.1. The maximum Gasteiger partial charge on any atom is 0.189 e. The Kier molecular flexibility index (Phi) is 4.12. The zero-order valence-corrected chi connectivity index (χ0v) is 16.7. The van der Waals surface area contributed by atoms with Crippen LogP contribution < -0.4 is 0 Å². The van der Waals surface area contributed by atoms with Crippen molar-refractivity contribution < 1.29 is 23.5 Å². The molecule has 0 aromatic rings. The van der Waals surface area contributed by atoms with Crippen molar-refractivity contribution in [1.29, 1.82) is 0 Å². The Morgan fingerprint density at radius 3 is 2.59 bits per heavy atom. The summed E-state index contributed by atoms with van der Waals surface area (Å²) in [4.78, 5) is 24.0. The number of carbonyl (C=O) groups excluding carboxylic acids is 2. The fraction of sp³-hybridized carbons (Fsp3) is 0.714. The fourth-order valence-electron chi connectivity index (χ4n) is 7.10. The standard InChI is InChI=1S/C21H26F2O3S/c1-10-6-12-13-8-15(22)14-7-11(24)4-5-20(14,3)21(13,23)16(25)9-19(12,2)17(10)18(26)27/h4-5,7,10,12-13,15-17,25H,6,8-9H2,1-3H3,(H,26,27)/t10-,12?,13?,15+,16?,17?,19+,20?,21+/m1/s1. The summed E-state index contributed by atoms with van der Waals surface area (Å²) in [6.07, 6.45) is 1.80. The molecule has 0 radical (unpaired) electrons. The predicted molar refractivity (Wildman–Crippen MR) is 101 cm³/mol. The highest BCUT2D eigenvalue weighted by Gasteiger charge is 2.72. The third-order valence-electron chi connectivity index (χ3n) is 8.23. The van der Waals surface area contributed by atoms with E-state index < -0.39 is 34.7 Å². The van der Waals surface area contributed by atoms with Crippen LogP contribution in [-0.2, 0) is 9.59 Å². The molecule has 148 valence electrons. The van der Waals surface area contributed by atoms with Gasteiger partial charge in [-0.05, 0) is 61.2 Å². The number of rotatable bonds is 1. The average molecular weight is 396 g/mol. The third-order valence-corrected chi connectivity index (χ3v) is 8.51. The van der Waals surface area contributed by atoms with Gasteiger partial charge in [0.2, 0.25) is 0 Å². The number of allylic oxidation sites excluding steroid dienone is 4. The second-order valence-corrected chi connectivity index (χ2v) is 9.92. The van der Waals surface area contributed by atoms with Crippen LogP contribution in [0.25, 0.3) is 0 Å². The predicted octanol–water partition coefficient (Wildman–Crippen LogP) is 3.62. The number of ketones is 1. The van der Waals surface area contributed by atoms with E-state index in [9.17, 15) is 14.7 Å². The molecule has 0 aromatic heterocycles. The number of aliphatic hydroxyl groups excluding tert-OH is 1. The van der Waals surface area contributed by atoms with Crippen molar-refractivity contribution in [2.24, 2.45) is 34.5 Å². The first-order valence-electron chi connectivity index (χ1n) is 9.66. The van der Waals surface area contributed by atoms with Crippen LogP contribution in [0.15, 0.2) is 23.8 Å². The normalized spacial score (nSPS) is 54.0. The Balaban J connectivity index is 1.86. The summed E-state index contributed by atoms with van der Waals surface area (Å²) in [6, 6.07) is 0. The smallest absolute Gasteiger partial charge is 0.189 e. The second-order valence-electron chi connectivity index (χ2n) is 9.48. The van der Waals surface area contributed by atoms with Crippen LogP contribution in [0.5, 0.6) is 0 Å². The van der Waals surface area contributed by atoms with Crippen LogP contribution in [-0.4, -0.2) is 33.9 Å². The second kappa shape index (κ2) is 5.76. The molecule has 0 amide bonds. The topological polar surface area (TPSA) is 54.4 Å². The van der Waals surface area contributed by atoms with Crippen molar-refractivity contribution >= 4 is 23.5 Å². The van der Waals surface area contributed by atoms with Crippen molar-refractivity contribution in [3.63, 3.8) is 0 Å². The van der Waals surface area contributed by atoms with Gasteiger partial charge in [-0.2, -0.15) is 0 Å². The maximum absolute atomic E-state index is 16.8. The van der Waals surface area contributed by atoms with Crippen molar-refractivity contribution in [2.75, 3.05) is 0 Å². The molecular weight excluding hydrogens is 370 g/mol. The molecule has 4 aliphatic rings. The molecule has 0 bridgehead atoms. The number of halogens is 2. The average Bonchev–Trinajstić information content (AvgIpc) is 2.82. The van der Waals surface area contributed by atoms with Crippen LogP contribution in [0, 0.1) is 34.5 Å². The highest BCUT2D eigenvalue weighted by Crippen LogP contribution is 2.70. The number of hydrogen-bond donors (Lipinski definition) is 2. The van der Waals surface area contributed by atoms with Gasteiger partial charge in [-0.15, -0.1) is 12.6 Å². The van der Waals surface area contributed by atoms with E-state index in [0.29, 0.717) is 6.42 Å². The first-order chi connectivity index (χ1) is 12.5. The van der Waals surface area contributed by atoms with Gasteiger partial charge in [-0.1, -0.05) is 19.9 Å². The van der Waals surface area contributed by atoms with E-state index in [1.54, 1.807) is 6.92 Å². The molecule has 3 fully saturated rings. The number of aliphatic hydroxyl groups is 1. The maximum atomic E-state index is 16.8. The highest BCUT2D eigenvalue weighted by molar-refractivity contribution is 7.96. The lowest BCUT2D eigenvalue weighted by atomic mass is 9.45. The van der Waals surface area contributed by atoms with Crippen LogP contribution in [0.3, 0.4) is 0 Å². The molecule has 4 aliphatic carbocycles. The van der Waals surface area contributed by atoms with Crippen LogP contribution in [0.4, 0.5) is 8.78 Å².